The highest BCUT2D eigenvalue weighted by atomic mass is 15.2. The molecule has 0 aromatic carbocycles. The number of nitrogens with zero attached hydrogens (tertiary/aromatic N) is 2. The van der Waals surface area contributed by atoms with Gasteiger partial charge in [0.1, 0.15) is 7.31 Å². The third kappa shape index (κ3) is 2.04. The Morgan fingerprint density at radius 2 is 1.86 bits per heavy atom. The van der Waals surface area contributed by atoms with Crippen LogP contribution in [0.15, 0.2) is 0 Å². The van der Waals surface area contributed by atoms with Crippen LogP contribution in [-0.2, 0) is 0 Å². The predicted molar refractivity (Wildman–Crippen MR) is 62.6 cm³/mol. The first-order chi connectivity index (χ1) is 6.78. The molecule has 2 saturated heterocycles. The summed E-state index contributed by atoms with van der Waals surface area (Å²) in [6.45, 7) is 7.06. The number of hydrogen-bond acceptors (Lipinski definition) is 2. The van der Waals surface area contributed by atoms with Crippen molar-refractivity contribution in [2.24, 2.45) is 5.41 Å². The van der Waals surface area contributed by atoms with E-state index in [1.54, 1.807) is 7.31 Å². The van der Waals surface area contributed by atoms with Gasteiger partial charge in [0.2, 0.25) is 7.41 Å². The monoisotopic (exact) mass is 186 g/mol. The molecule has 0 atom stereocenters. The van der Waals surface area contributed by atoms with Crippen LogP contribution in [0.2, 0.25) is 6.32 Å². The minimum atomic E-state index is 0.630. The van der Waals surface area contributed by atoms with Crippen LogP contribution in [0, 0.1) is 5.41 Å². The van der Waals surface area contributed by atoms with Crippen molar-refractivity contribution in [3.8, 4) is 0 Å². The maximum atomic E-state index is 5.51. The van der Waals surface area contributed by atoms with Gasteiger partial charge in [-0.25, -0.2) is 0 Å². The lowest BCUT2D eigenvalue weighted by Crippen LogP contribution is -2.61. The summed E-state index contributed by atoms with van der Waals surface area (Å²) in [5.41, 5.74) is 0.630. The molecule has 0 aliphatic carbocycles. The zero-order valence-corrected chi connectivity index (χ0v) is 9.08. The van der Waals surface area contributed by atoms with Gasteiger partial charge in [-0.3, -0.25) is 0 Å². The van der Waals surface area contributed by atoms with Crippen molar-refractivity contribution in [2.45, 2.75) is 26.1 Å². The lowest BCUT2D eigenvalue weighted by Gasteiger charge is -2.54. The smallest absolute Gasteiger partial charge is 0.208 e. The van der Waals surface area contributed by atoms with E-state index in [1.165, 1.54) is 32.3 Å². The molecule has 5 heteroatoms. The van der Waals surface area contributed by atoms with E-state index >= 15 is 0 Å². The van der Waals surface area contributed by atoms with Gasteiger partial charge < -0.3 is 9.62 Å². The van der Waals surface area contributed by atoms with Gasteiger partial charge in [-0.1, -0.05) is 13.2 Å². The Hall–Kier alpha value is 0.115. The summed E-state index contributed by atoms with van der Waals surface area (Å²) in [6.07, 6.45) is 3.79. The average molecular weight is 186 g/mol. The minimum absolute atomic E-state index is 0.630. The predicted octanol–water partition coefficient (Wildman–Crippen LogP) is 0.144. The van der Waals surface area contributed by atoms with Gasteiger partial charge >= 0.3 is 0 Å². The van der Waals surface area contributed by atoms with Gasteiger partial charge in [0.15, 0.2) is 0 Å². The molecule has 2 aliphatic heterocycles. The summed E-state index contributed by atoms with van der Waals surface area (Å²) >= 11 is 0. The molecule has 2 aliphatic rings. The summed E-state index contributed by atoms with van der Waals surface area (Å²) in [5.74, 6) is 0. The Morgan fingerprint density at radius 1 is 1.21 bits per heavy atom. The van der Waals surface area contributed by atoms with Crippen molar-refractivity contribution in [2.75, 3.05) is 26.2 Å². The summed E-state index contributed by atoms with van der Waals surface area (Å²) in [6, 6.07) is 0. The molecule has 0 aromatic heterocycles. The molecular weight excluding hydrogens is 169 g/mol. The summed E-state index contributed by atoms with van der Waals surface area (Å²) < 4.78 is 0. The molecule has 0 saturated carbocycles. The number of hydrogen-bond donors (Lipinski definition) is 0. The number of piperidine rings is 1. The topological polar surface area (TPSA) is 6.48 Å². The Balaban J connectivity index is 1.74. The second-order valence-corrected chi connectivity index (χ2v) is 4.68. The van der Waals surface area contributed by atoms with Crippen molar-refractivity contribution in [3.05, 3.63) is 0 Å². The minimum Gasteiger partial charge on any atom is -0.356 e. The first kappa shape index (κ1) is 10.6. The zero-order valence-electron chi connectivity index (χ0n) is 9.08. The molecular formula is C9H17B3N2. The highest BCUT2D eigenvalue weighted by molar-refractivity contribution is 6.87. The van der Waals surface area contributed by atoms with E-state index in [-0.39, 0.29) is 0 Å². The van der Waals surface area contributed by atoms with Gasteiger partial charge in [0.05, 0.1) is 0 Å². The third-order valence-corrected chi connectivity index (χ3v) is 3.59. The molecule has 0 N–H and O–H groups in total. The fourth-order valence-electron chi connectivity index (χ4n) is 2.67. The quantitative estimate of drug-likeness (QED) is 0.578. The molecule has 2 rings (SSSR count). The van der Waals surface area contributed by atoms with Crippen LogP contribution in [0.25, 0.3) is 0 Å². The summed E-state index contributed by atoms with van der Waals surface area (Å²) in [5, 5.41) is 0. The SMILES string of the molecule is [B][B]N1CCC2(CC1)CN([B]CC)C2. The van der Waals surface area contributed by atoms with Crippen LogP contribution < -0.4 is 0 Å². The lowest BCUT2D eigenvalue weighted by molar-refractivity contribution is 0.0180. The molecule has 0 aromatic rings. The van der Waals surface area contributed by atoms with Crippen molar-refractivity contribution in [3.63, 3.8) is 0 Å². The summed E-state index contributed by atoms with van der Waals surface area (Å²) in [4.78, 5) is 4.69. The molecule has 2 heterocycles. The van der Waals surface area contributed by atoms with E-state index in [4.69, 9.17) is 7.74 Å². The second kappa shape index (κ2) is 4.32. The van der Waals surface area contributed by atoms with Crippen LogP contribution in [0.3, 0.4) is 0 Å². The van der Waals surface area contributed by atoms with Gasteiger partial charge in [-0.2, -0.15) is 0 Å². The molecule has 0 bridgehead atoms. The highest BCUT2D eigenvalue weighted by Crippen LogP contribution is 2.39. The maximum Gasteiger partial charge on any atom is 0.208 e. The Bertz CT molecular complexity index is 177. The van der Waals surface area contributed by atoms with E-state index in [0.717, 1.165) is 13.1 Å². The average Bonchev–Trinajstić information content (AvgIpc) is 2.17. The van der Waals surface area contributed by atoms with Crippen LogP contribution in [-0.4, -0.2) is 58.3 Å². The van der Waals surface area contributed by atoms with E-state index in [9.17, 15) is 0 Å². The molecule has 72 valence electrons. The first-order valence-electron chi connectivity index (χ1n) is 5.64. The van der Waals surface area contributed by atoms with Gasteiger partial charge in [0.25, 0.3) is 0 Å². The first-order valence-corrected chi connectivity index (χ1v) is 5.64. The highest BCUT2D eigenvalue weighted by Gasteiger charge is 2.43. The summed E-state index contributed by atoms with van der Waals surface area (Å²) in [7, 11) is 9.57. The number of rotatable bonds is 3. The second-order valence-electron chi connectivity index (χ2n) is 4.68. The molecule has 0 unspecified atom stereocenters. The van der Waals surface area contributed by atoms with Crippen molar-refractivity contribution < 1.29 is 0 Å². The van der Waals surface area contributed by atoms with Crippen LogP contribution >= 0.6 is 0 Å². The maximum absolute atomic E-state index is 5.51. The Morgan fingerprint density at radius 3 is 2.36 bits per heavy atom. The van der Waals surface area contributed by atoms with Crippen LogP contribution in [0.5, 0.6) is 0 Å². The van der Waals surface area contributed by atoms with E-state index in [0.29, 0.717) is 5.41 Å². The largest absolute Gasteiger partial charge is 0.356 e. The normalized spacial score (nSPS) is 27.2. The molecule has 1 spiro atoms. The standard InChI is InChI=1S/C9H17B3N2/c1-2-11-14-7-9(8-14)3-5-13(12-10)6-4-9/h2-8H2,1H3. The van der Waals surface area contributed by atoms with E-state index < -0.39 is 0 Å². The third-order valence-electron chi connectivity index (χ3n) is 3.59. The molecule has 4 radical (unpaired) electrons. The molecule has 0 amide bonds. The van der Waals surface area contributed by atoms with Crippen LogP contribution in [0.1, 0.15) is 19.8 Å². The van der Waals surface area contributed by atoms with Gasteiger partial charge in [-0.05, 0) is 44.4 Å². The van der Waals surface area contributed by atoms with Gasteiger partial charge in [0, 0.05) is 7.74 Å². The van der Waals surface area contributed by atoms with Crippen molar-refractivity contribution in [1.82, 2.24) is 9.62 Å². The zero-order chi connectivity index (χ0) is 10.0. The fourth-order valence-corrected chi connectivity index (χ4v) is 2.67. The molecule has 14 heavy (non-hydrogen) atoms. The molecule has 2 fully saturated rings. The Labute approximate surface area is 90.3 Å². The van der Waals surface area contributed by atoms with Crippen LogP contribution in [0.4, 0.5) is 0 Å². The van der Waals surface area contributed by atoms with Gasteiger partial charge in [-0.15, -0.1) is 0 Å². The van der Waals surface area contributed by atoms with Crippen molar-refractivity contribution in [1.29, 1.82) is 0 Å². The lowest BCUT2D eigenvalue weighted by atomic mass is 9.61. The Kier molecular flexibility index (Phi) is 3.28. The van der Waals surface area contributed by atoms with Crippen molar-refractivity contribution >= 4 is 22.5 Å². The van der Waals surface area contributed by atoms with E-state index in [1.807, 2.05) is 0 Å². The van der Waals surface area contributed by atoms with E-state index in [2.05, 4.69) is 24.0 Å². The fraction of sp³-hybridized carbons (Fsp3) is 1.00. The molecule has 2 nitrogen and oxygen atoms in total.